The van der Waals surface area contributed by atoms with Gasteiger partial charge in [0, 0.05) is 31.8 Å². The van der Waals surface area contributed by atoms with E-state index in [-0.39, 0.29) is 18.4 Å². The second-order valence-corrected chi connectivity index (χ2v) is 5.70. The normalized spacial score (nSPS) is 26.0. The van der Waals surface area contributed by atoms with Gasteiger partial charge in [0.2, 0.25) is 0 Å². The van der Waals surface area contributed by atoms with Gasteiger partial charge in [-0.25, -0.2) is 0 Å². The van der Waals surface area contributed by atoms with Gasteiger partial charge in [-0.3, -0.25) is 4.79 Å². The van der Waals surface area contributed by atoms with Crippen molar-refractivity contribution in [3.8, 4) is 0 Å². The Balaban J connectivity index is 0.00000220. The van der Waals surface area contributed by atoms with Gasteiger partial charge in [0.15, 0.2) is 0 Å². The average molecular weight is 312 g/mol. The maximum Gasteiger partial charge on any atom is 0.306 e. The number of ether oxygens (including phenoxy) is 1. The zero-order chi connectivity index (χ0) is 14.6. The van der Waals surface area contributed by atoms with Crippen molar-refractivity contribution in [2.75, 3.05) is 20.1 Å². The van der Waals surface area contributed by atoms with Crippen molar-refractivity contribution in [3.05, 3.63) is 35.9 Å². The van der Waals surface area contributed by atoms with Crippen molar-refractivity contribution in [1.82, 2.24) is 4.90 Å². The van der Waals surface area contributed by atoms with Crippen LogP contribution < -0.4 is 0 Å². The first-order valence-corrected chi connectivity index (χ1v) is 7.58. The number of halogens is 1. The van der Waals surface area contributed by atoms with Gasteiger partial charge in [-0.2, -0.15) is 0 Å². The van der Waals surface area contributed by atoms with E-state index < -0.39 is 5.60 Å². The van der Waals surface area contributed by atoms with Crippen LogP contribution in [0, 0.1) is 5.92 Å². The molecule has 0 aliphatic carbocycles. The fourth-order valence-corrected chi connectivity index (χ4v) is 3.20. The van der Waals surface area contributed by atoms with Crippen molar-refractivity contribution in [2.24, 2.45) is 5.92 Å². The van der Waals surface area contributed by atoms with Crippen molar-refractivity contribution in [1.29, 1.82) is 0 Å². The van der Waals surface area contributed by atoms with E-state index in [1.165, 1.54) is 0 Å². The number of rotatable bonds is 4. The maximum absolute atomic E-state index is 12.0. The second kappa shape index (κ2) is 7.81. The van der Waals surface area contributed by atoms with Crippen LogP contribution in [-0.2, 0) is 15.1 Å². The van der Waals surface area contributed by atoms with E-state index in [1.54, 1.807) is 0 Å². The molecule has 1 heterocycles. The number of carbonyl (C=O) groups excluding carboxylic acids is 1. The lowest BCUT2D eigenvalue weighted by molar-refractivity contribution is -0.176. The van der Waals surface area contributed by atoms with Crippen molar-refractivity contribution < 1.29 is 9.53 Å². The van der Waals surface area contributed by atoms with Crippen molar-refractivity contribution in [2.45, 2.75) is 38.7 Å². The van der Waals surface area contributed by atoms with Gasteiger partial charge in [-0.1, -0.05) is 44.2 Å². The SMILES string of the molecule is CCC(=O)OC1(c2ccccc2)CCN(C)CC1CC.Cl. The third-order valence-electron chi connectivity index (χ3n) is 4.40. The zero-order valence-electron chi connectivity index (χ0n) is 13.2. The monoisotopic (exact) mass is 311 g/mol. The summed E-state index contributed by atoms with van der Waals surface area (Å²) in [6.07, 6.45) is 2.31. The number of hydrogen-bond acceptors (Lipinski definition) is 3. The molecular formula is C17H26ClNO2. The summed E-state index contributed by atoms with van der Waals surface area (Å²) in [5, 5.41) is 0. The van der Waals surface area contributed by atoms with Crippen LogP contribution in [0.15, 0.2) is 30.3 Å². The quantitative estimate of drug-likeness (QED) is 0.795. The van der Waals surface area contributed by atoms with Crippen molar-refractivity contribution in [3.63, 3.8) is 0 Å². The van der Waals surface area contributed by atoms with Crippen LogP contribution in [0.4, 0.5) is 0 Å². The molecule has 0 spiro atoms. The lowest BCUT2D eigenvalue weighted by atomic mass is 9.74. The highest BCUT2D eigenvalue weighted by molar-refractivity contribution is 5.85. The molecule has 21 heavy (non-hydrogen) atoms. The van der Waals surface area contributed by atoms with E-state index in [2.05, 4.69) is 31.0 Å². The molecule has 0 saturated carbocycles. The molecule has 1 fully saturated rings. The van der Waals surface area contributed by atoms with Crippen LogP contribution in [0.2, 0.25) is 0 Å². The fraction of sp³-hybridized carbons (Fsp3) is 0.588. The number of piperidine rings is 1. The van der Waals surface area contributed by atoms with Crippen molar-refractivity contribution >= 4 is 18.4 Å². The Hall–Kier alpha value is -1.06. The molecule has 4 heteroatoms. The number of benzene rings is 1. The van der Waals surface area contributed by atoms with Gasteiger partial charge in [-0.15, -0.1) is 12.4 Å². The average Bonchev–Trinajstić information content (AvgIpc) is 2.49. The Morgan fingerprint density at radius 1 is 1.33 bits per heavy atom. The molecule has 118 valence electrons. The Kier molecular flexibility index (Phi) is 6.69. The molecular weight excluding hydrogens is 286 g/mol. The number of likely N-dealkylation sites (tertiary alicyclic amines) is 1. The van der Waals surface area contributed by atoms with Crippen LogP contribution in [0.1, 0.15) is 38.7 Å². The first kappa shape index (κ1) is 18.0. The number of carbonyl (C=O) groups is 1. The predicted molar refractivity (Wildman–Crippen MR) is 87.6 cm³/mol. The third kappa shape index (κ3) is 3.78. The summed E-state index contributed by atoms with van der Waals surface area (Å²) in [5.74, 6) is 0.246. The van der Waals surface area contributed by atoms with E-state index >= 15 is 0 Å². The molecule has 0 aromatic heterocycles. The van der Waals surface area contributed by atoms with Crippen LogP contribution in [0.3, 0.4) is 0 Å². The number of nitrogens with zero attached hydrogens (tertiary/aromatic N) is 1. The summed E-state index contributed by atoms with van der Waals surface area (Å²) < 4.78 is 6.00. The topological polar surface area (TPSA) is 29.5 Å². The molecule has 1 aliphatic heterocycles. The molecule has 2 unspecified atom stereocenters. The summed E-state index contributed by atoms with van der Waals surface area (Å²) in [5.41, 5.74) is 0.692. The lowest BCUT2D eigenvalue weighted by Crippen LogP contribution is -2.51. The number of esters is 1. The van der Waals surface area contributed by atoms with Gasteiger partial charge >= 0.3 is 5.97 Å². The van der Waals surface area contributed by atoms with Gasteiger partial charge in [0.05, 0.1) is 0 Å². The Morgan fingerprint density at radius 3 is 2.57 bits per heavy atom. The first-order chi connectivity index (χ1) is 9.62. The minimum Gasteiger partial charge on any atom is -0.454 e. The van der Waals surface area contributed by atoms with E-state index in [0.29, 0.717) is 12.3 Å². The van der Waals surface area contributed by atoms with Crippen LogP contribution in [0.5, 0.6) is 0 Å². The molecule has 1 aliphatic rings. The third-order valence-corrected chi connectivity index (χ3v) is 4.40. The molecule has 0 amide bonds. The Bertz CT molecular complexity index is 451. The molecule has 1 saturated heterocycles. The molecule has 1 aromatic rings. The summed E-state index contributed by atoms with van der Waals surface area (Å²) in [4.78, 5) is 14.3. The highest BCUT2D eigenvalue weighted by Crippen LogP contribution is 2.42. The highest BCUT2D eigenvalue weighted by Gasteiger charge is 2.45. The molecule has 0 N–H and O–H groups in total. The second-order valence-electron chi connectivity index (χ2n) is 5.70. The molecule has 0 radical (unpaired) electrons. The molecule has 3 nitrogen and oxygen atoms in total. The van der Waals surface area contributed by atoms with Crippen LogP contribution in [-0.4, -0.2) is 31.0 Å². The summed E-state index contributed by atoms with van der Waals surface area (Å²) >= 11 is 0. The minimum atomic E-state index is -0.449. The summed E-state index contributed by atoms with van der Waals surface area (Å²) in [6, 6.07) is 10.3. The van der Waals surface area contributed by atoms with E-state index in [0.717, 1.165) is 31.5 Å². The van der Waals surface area contributed by atoms with E-state index in [9.17, 15) is 4.79 Å². The predicted octanol–water partition coefficient (Wildman–Crippen LogP) is 3.62. The highest BCUT2D eigenvalue weighted by atomic mass is 35.5. The fourth-order valence-electron chi connectivity index (χ4n) is 3.20. The molecule has 1 aromatic carbocycles. The van der Waals surface area contributed by atoms with Crippen LogP contribution >= 0.6 is 12.4 Å². The van der Waals surface area contributed by atoms with Crippen LogP contribution in [0.25, 0.3) is 0 Å². The largest absolute Gasteiger partial charge is 0.454 e. The molecule has 0 bridgehead atoms. The standard InChI is InChI=1S/C17H25NO2.ClH/c1-4-14-13-18(3)12-11-17(14,20-16(19)5-2)15-9-7-6-8-10-15;/h6-10,14H,4-5,11-13H2,1-3H3;1H. The van der Waals surface area contributed by atoms with Gasteiger partial charge in [0.25, 0.3) is 0 Å². The van der Waals surface area contributed by atoms with E-state index in [4.69, 9.17) is 4.74 Å². The number of hydrogen-bond donors (Lipinski definition) is 0. The molecule has 2 rings (SSSR count). The van der Waals surface area contributed by atoms with Gasteiger partial charge in [0.1, 0.15) is 5.60 Å². The maximum atomic E-state index is 12.0. The molecule has 2 atom stereocenters. The summed E-state index contributed by atoms with van der Waals surface area (Å²) in [7, 11) is 2.14. The van der Waals surface area contributed by atoms with Gasteiger partial charge in [-0.05, 0) is 19.0 Å². The Labute approximate surface area is 134 Å². The smallest absolute Gasteiger partial charge is 0.306 e. The summed E-state index contributed by atoms with van der Waals surface area (Å²) in [6.45, 7) is 5.98. The van der Waals surface area contributed by atoms with E-state index in [1.807, 2.05) is 25.1 Å². The minimum absolute atomic E-state index is 0. The first-order valence-electron chi connectivity index (χ1n) is 7.58. The lowest BCUT2D eigenvalue weighted by Gasteiger charge is -2.46. The Morgan fingerprint density at radius 2 is 2.00 bits per heavy atom. The van der Waals surface area contributed by atoms with Gasteiger partial charge < -0.3 is 9.64 Å². The zero-order valence-corrected chi connectivity index (χ0v) is 14.0.